The third-order valence-corrected chi connectivity index (χ3v) is 6.42. The third kappa shape index (κ3) is 4.21. The minimum atomic E-state index is -0.00849. The molecule has 4 heterocycles. The van der Waals surface area contributed by atoms with E-state index in [-0.39, 0.29) is 11.8 Å². The van der Waals surface area contributed by atoms with Crippen molar-refractivity contribution in [2.24, 2.45) is 0 Å². The van der Waals surface area contributed by atoms with Crippen LogP contribution in [0.5, 0.6) is 5.75 Å². The number of piperidine rings is 1. The maximum absolute atomic E-state index is 13.3. The number of ether oxygens (including phenoxy) is 1. The molecule has 1 atom stereocenters. The van der Waals surface area contributed by atoms with Gasteiger partial charge in [0.2, 0.25) is 0 Å². The fourth-order valence-electron chi connectivity index (χ4n) is 4.68. The lowest BCUT2D eigenvalue weighted by Gasteiger charge is -2.32. The van der Waals surface area contributed by atoms with Crippen LogP contribution < -0.4 is 4.74 Å². The highest BCUT2D eigenvalue weighted by Gasteiger charge is 2.28. The van der Waals surface area contributed by atoms with Crippen LogP contribution in [0.4, 0.5) is 0 Å². The fourth-order valence-corrected chi connectivity index (χ4v) is 4.68. The number of fused-ring (bicyclic) bond motifs is 1. The molecular formula is C27H28N4O2. The molecule has 33 heavy (non-hydrogen) atoms. The summed E-state index contributed by atoms with van der Waals surface area (Å²) in [7, 11) is 1.67. The summed E-state index contributed by atoms with van der Waals surface area (Å²) in [5.74, 6) is 1.04. The Bertz CT molecular complexity index is 1310. The average Bonchev–Trinajstić information content (AvgIpc) is 3.29. The smallest absolute Gasteiger partial charge is 0.274 e. The Morgan fingerprint density at radius 3 is 2.64 bits per heavy atom. The number of rotatable bonds is 4. The Balaban J connectivity index is 1.39. The number of nitrogens with zero attached hydrogens (tertiary/aromatic N) is 4. The Morgan fingerprint density at radius 2 is 1.88 bits per heavy atom. The van der Waals surface area contributed by atoms with Gasteiger partial charge in [-0.25, -0.2) is 4.98 Å². The summed E-state index contributed by atoms with van der Waals surface area (Å²) in [6, 6.07) is 16.3. The van der Waals surface area contributed by atoms with Crippen LogP contribution in [0, 0.1) is 13.8 Å². The summed E-state index contributed by atoms with van der Waals surface area (Å²) in [4.78, 5) is 24.7. The second-order valence-corrected chi connectivity index (χ2v) is 8.79. The standard InChI is InChI=1S/C27H28N4O2/c1-18-6-4-12-30-17-25(29-26(18)30)27(32)31-13-5-7-21(16-31)24-15-22(14-19(2)28-24)20-8-10-23(33-3)11-9-20/h4,6,8-12,14-15,17,21H,5,7,13,16H2,1-3H3/t21-/m0/s1. The second-order valence-electron chi connectivity index (χ2n) is 8.79. The highest BCUT2D eigenvalue weighted by atomic mass is 16.5. The van der Waals surface area contributed by atoms with Crippen molar-refractivity contribution < 1.29 is 9.53 Å². The van der Waals surface area contributed by atoms with Gasteiger partial charge in [-0.05, 0) is 73.7 Å². The first-order chi connectivity index (χ1) is 16.0. The lowest BCUT2D eigenvalue weighted by atomic mass is 9.92. The molecular weight excluding hydrogens is 412 g/mol. The van der Waals surface area contributed by atoms with E-state index in [9.17, 15) is 4.79 Å². The van der Waals surface area contributed by atoms with E-state index in [1.807, 2.05) is 59.8 Å². The zero-order valence-electron chi connectivity index (χ0n) is 19.3. The van der Waals surface area contributed by atoms with Gasteiger partial charge < -0.3 is 14.0 Å². The minimum Gasteiger partial charge on any atom is -0.497 e. The maximum Gasteiger partial charge on any atom is 0.274 e. The van der Waals surface area contributed by atoms with Crippen molar-refractivity contribution in [3.8, 4) is 16.9 Å². The number of imidazole rings is 1. The highest BCUT2D eigenvalue weighted by molar-refractivity contribution is 5.93. The zero-order chi connectivity index (χ0) is 22.9. The summed E-state index contributed by atoms with van der Waals surface area (Å²) >= 11 is 0. The zero-order valence-corrected chi connectivity index (χ0v) is 19.3. The molecule has 0 aliphatic carbocycles. The van der Waals surface area contributed by atoms with Crippen molar-refractivity contribution in [3.05, 3.63) is 83.6 Å². The molecule has 1 aliphatic heterocycles. The molecule has 1 aliphatic rings. The van der Waals surface area contributed by atoms with Crippen molar-refractivity contribution in [2.75, 3.05) is 20.2 Å². The molecule has 0 bridgehead atoms. The molecule has 3 aromatic heterocycles. The monoisotopic (exact) mass is 440 g/mol. The number of aromatic nitrogens is 3. The predicted molar refractivity (Wildman–Crippen MR) is 129 cm³/mol. The van der Waals surface area contributed by atoms with E-state index in [4.69, 9.17) is 9.72 Å². The number of hydrogen-bond acceptors (Lipinski definition) is 4. The van der Waals surface area contributed by atoms with Gasteiger partial charge in [0.1, 0.15) is 17.1 Å². The molecule has 0 saturated carbocycles. The Morgan fingerprint density at radius 1 is 1.06 bits per heavy atom. The fraction of sp³-hybridized carbons (Fsp3) is 0.296. The van der Waals surface area contributed by atoms with Crippen LogP contribution in [-0.2, 0) is 0 Å². The molecule has 5 rings (SSSR count). The van der Waals surface area contributed by atoms with Crippen LogP contribution in [0.3, 0.4) is 0 Å². The molecule has 0 spiro atoms. The second kappa shape index (κ2) is 8.70. The largest absolute Gasteiger partial charge is 0.497 e. The van der Waals surface area contributed by atoms with E-state index in [0.29, 0.717) is 12.2 Å². The van der Waals surface area contributed by atoms with Gasteiger partial charge in [0.15, 0.2) is 0 Å². The van der Waals surface area contributed by atoms with Gasteiger partial charge in [0.05, 0.1) is 7.11 Å². The van der Waals surface area contributed by atoms with E-state index in [1.54, 1.807) is 7.11 Å². The lowest BCUT2D eigenvalue weighted by molar-refractivity contribution is 0.0700. The molecule has 6 heteroatoms. The molecule has 6 nitrogen and oxygen atoms in total. The molecule has 1 amide bonds. The van der Waals surface area contributed by atoms with Gasteiger partial charge in [0.25, 0.3) is 5.91 Å². The molecule has 1 saturated heterocycles. The summed E-state index contributed by atoms with van der Waals surface area (Å²) in [6.07, 6.45) is 5.74. The summed E-state index contributed by atoms with van der Waals surface area (Å²) in [5.41, 5.74) is 6.69. The highest BCUT2D eigenvalue weighted by Crippen LogP contribution is 2.31. The van der Waals surface area contributed by atoms with Crippen LogP contribution in [0.15, 0.2) is 60.9 Å². The number of aryl methyl sites for hydroxylation is 2. The van der Waals surface area contributed by atoms with Crippen LogP contribution in [0.2, 0.25) is 0 Å². The predicted octanol–water partition coefficient (Wildman–Crippen LogP) is 5.04. The number of likely N-dealkylation sites (tertiary alicyclic amines) is 1. The van der Waals surface area contributed by atoms with Crippen molar-refractivity contribution in [1.29, 1.82) is 0 Å². The number of carbonyl (C=O) groups is 1. The molecule has 0 unspecified atom stereocenters. The van der Waals surface area contributed by atoms with Crippen LogP contribution in [-0.4, -0.2) is 45.4 Å². The van der Waals surface area contributed by atoms with Crippen LogP contribution in [0.25, 0.3) is 16.8 Å². The normalized spacial score (nSPS) is 16.2. The van der Waals surface area contributed by atoms with Gasteiger partial charge in [0, 0.05) is 42.8 Å². The molecule has 1 fully saturated rings. The van der Waals surface area contributed by atoms with E-state index >= 15 is 0 Å². The Labute approximate surface area is 193 Å². The Kier molecular flexibility index (Phi) is 5.58. The quantitative estimate of drug-likeness (QED) is 0.446. The summed E-state index contributed by atoms with van der Waals surface area (Å²) < 4.78 is 7.21. The molecule has 0 N–H and O–H groups in total. The first-order valence-corrected chi connectivity index (χ1v) is 11.4. The van der Waals surface area contributed by atoms with Gasteiger partial charge >= 0.3 is 0 Å². The number of methoxy groups -OCH3 is 1. The molecule has 4 aromatic rings. The third-order valence-electron chi connectivity index (χ3n) is 6.42. The topological polar surface area (TPSA) is 59.7 Å². The number of benzene rings is 1. The number of pyridine rings is 2. The number of hydrogen-bond donors (Lipinski definition) is 0. The lowest BCUT2D eigenvalue weighted by Crippen LogP contribution is -2.39. The van der Waals surface area contributed by atoms with E-state index < -0.39 is 0 Å². The Hall–Kier alpha value is -3.67. The van der Waals surface area contributed by atoms with E-state index in [1.165, 1.54) is 0 Å². The van der Waals surface area contributed by atoms with Gasteiger partial charge in [-0.3, -0.25) is 9.78 Å². The van der Waals surface area contributed by atoms with Crippen LogP contribution >= 0.6 is 0 Å². The maximum atomic E-state index is 13.3. The molecule has 168 valence electrons. The van der Waals surface area contributed by atoms with Gasteiger partial charge in [-0.1, -0.05) is 18.2 Å². The number of carbonyl (C=O) groups excluding carboxylic acids is 1. The van der Waals surface area contributed by atoms with Crippen molar-refractivity contribution in [3.63, 3.8) is 0 Å². The molecule has 1 aromatic carbocycles. The SMILES string of the molecule is COc1ccc(-c2cc(C)nc([C@H]3CCCN(C(=O)c4cn5cccc(C)c5n4)C3)c2)cc1. The van der Waals surface area contributed by atoms with Crippen molar-refractivity contribution in [1.82, 2.24) is 19.3 Å². The van der Waals surface area contributed by atoms with Crippen molar-refractivity contribution in [2.45, 2.75) is 32.6 Å². The van der Waals surface area contributed by atoms with E-state index in [2.05, 4.69) is 29.2 Å². The average molecular weight is 441 g/mol. The van der Waals surface area contributed by atoms with Gasteiger partial charge in [-0.15, -0.1) is 0 Å². The first-order valence-electron chi connectivity index (χ1n) is 11.4. The summed E-state index contributed by atoms with van der Waals surface area (Å²) in [5, 5.41) is 0. The minimum absolute atomic E-state index is 0.00849. The number of amides is 1. The van der Waals surface area contributed by atoms with E-state index in [0.717, 1.165) is 58.9 Å². The van der Waals surface area contributed by atoms with Crippen LogP contribution in [0.1, 0.15) is 46.2 Å². The van der Waals surface area contributed by atoms with Crippen molar-refractivity contribution >= 4 is 11.6 Å². The molecule has 0 radical (unpaired) electrons. The van der Waals surface area contributed by atoms with Gasteiger partial charge in [-0.2, -0.15) is 0 Å². The first kappa shape index (κ1) is 21.2. The summed E-state index contributed by atoms with van der Waals surface area (Å²) in [6.45, 7) is 5.45.